The fourth-order valence-corrected chi connectivity index (χ4v) is 10.5. The standard InChI is InChI=1S/C30H38FN3O4S/c1-4-24(36)38-30(25(37)39)10-8-21-27(30,3)13-22(35)29-16-28(21,29)9-7-18-11-20(17(14-32)12-26(18,29)2)34-19-5-6-23(31)33-15-19/h5-6,11,14-15,21-22,25,32,34-35,37,39H,4,7-10,12-13,16H2,1-3H3/p+1/t21?,22-,25?,26-,27-,28?,29?,30-/m0/s1. The number of aromatic nitrogens is 1. The molecule has 210 valence electrons. The van der Waals surface area contributed by atoms with E-state index in [-0.39, 0.29) is 34.6 Å². The van der Waals surface area contributed by atoms with Crippen LogP contribution in [0.3, 0.4) is 0 Å². The number of hydrogen-bond acceptors (Lipinski definition) is 7. The van der Waals surface area contributed by atoms with E-state index in [9.17, 15) is 19.4 Å². The first kappa shape index (κ1) is 27.1. The first-order chi connectivity index (χ1) is 18.4. The van der Waals surface area contributed by atoms with Gasteiger partial charge in [-0.05, 0) is 68.4 Å². The molecule has 0 amide bonds. The molecule has 4 unspecified atom stereocenters. The van der Waals surface area contributed by atoms with E-state index in [1.54, 1.807) is 13.0 Å². The molecule has 4 saturated carbocycles. The lowest BCUT2D eigenvalue weighted by Gasteiger charge is -2.60. The number of nitrogens with one attached hydrogen (secondary N) is 1. The van der Waals surface area contributed by atoms with Gasteiger partial charge in [-0.2, -0.15) is 4.39 Å². The SMILES string of the molecule is CCC(=O)O[C@]1(C(O)S)CCC2C34CCC5=CC([NH2+]c6ccc(F)nc6)=C(C=N)C[C@]5(C)C3(C4)[C@@H](O)C[C@@]21C. The Bertz CT molecular complexity index is 1300. The zero-order valence-corrected chi connectivity index (χ0v) is 23.7. The van der Waals surface area contributed by atoms with Crippen molar-refractivity contribution in [1.82, 2.24) is 4.98 Å². The third kappa shape index (κ3) is 3.30. The summed E-state index contributed by atoms with van der Waals surface area (Å²) in [7, 11) is 0. The second-order valence-electron chi connectivity index (χ2n) is 13.0. The zero-order chi connectivity index (χ0) is 28.0. The van der Waals surface area contributed by atoms with Gasteiger partial charge in [0.2, 0.25) is 5.95 Å². The Balaban J connectivity index is 1.37. The van der Waals surface area contributed by atoms with Crippen LogP contribution in [0.4, 0.5) is 10.1 Å². The second-order valence-corrected chi connectivity index (χ2v) is 13.5. The van der Waals surface area contributed by atoms with E-state index in [1.807, 2.05) is 5.32 Å². The van der Waals surface area contributed by atoms with Crippen molar-refractivity contribution in [3.05, 3.63) is 47.2 Å². The van der Waals surface area contributed by atoms with Gasteiger partial charge in [-0.1, -0.05) is 26.3 Å². The van der Waals surface area contributed by atoms with Crippen LogP contribution < -0.4 is 5.32 Å². The Labute approximate surface area is 234 Å². The van der Waals surface area contributed by atoms with Gasteiger partial charge in [-0.3, -0.25) is 10.1 Å². The smallest absolute Gasteiger partial charge is 0.306 e. The summed E-state index contributed by atoms with van der Waals surface area (Å²) in [6.45, 7) is 6.11. The number of rotatable bonds is 6. The van der Waals surface area contributed by atoms with Crippen molar-refractivity contribution in [3.8, 4) is 0 Å². The van der Waals surface area contributed by atoms with Gasteiger partial charge in [0, 0.05) is 40.5 Å². The normalized spacial score (nSPS) is 42.9. The molecule has 1 aromatic heterocycles. The van der Waals surface area contributed by atoms with Crippen LogP contribution in [0, 0.1) is 38.9 Å². The van der Waals surface area contributed by atoms with Crippen LogP contribution in [0.5, 0.6) is 0 Å². The first-order valence-electron chi connectivity index (χ1n) is 14.1. The summed E-state index contributed by atoms with van der Waals surface area (Å²) < 4.78 is 19.4. The topological polar surface area (TPSA) is 120 Å². The molecular weight excluding hydrogens is 517 g/mol. The Morgan fingerprint density at radius 1 is 1.38 bits per heavy atom. The number of hydrogen-bond donors (Lipinski definition) is 5. The molecule has 0 bridgehead atoms. The lowest BCUT2D eigenvalue weighted by Crippen LogP contribution is -2.76. The molecule has 6 rings (SSSR count). The molecule has 1 aromatic rings. The molecule has 7 nitrogen and oxygen atoms in total. The number of aliphatic hydroxyl groups is 2. The highest BCUT2D eigenvalue weighted by Gasteiger charge is 2.87. The van der Waals surface area contributed by atoms with Crippen molar-refractivity contribution in [2.75, 3.05) is 0 Å². The monoisotopic (exact) mass is 556 g/mol. The summed E-state index contributed by atoms with van der Waals surface area (Å²) in [5.41, 5.74) is 0.274. The molecule has 4 fully saturated rings. The van der Waals surface area contributed by atoms with E-state index in [0.717, 1.165) is 42.6 Å². The van der Waals surface area contributed by atoms with Crippen LogP contribution in [0.1, 0.15) is 72.1 Å². The Morgan fingerprint density at radius 3 is 2.79 bits per heavy atom. The van der Waals surface area contributed by atoms with Gasteiger partial charge in [0.15, 0.2) is 11.3 Å². The van der Waals surface area contributed by atoms with Crippen LogP contribution in [0.2, 0.25) is 0 Å². The predicted molar refractivity (Wildman–Crippen MR) is 147 cm³/mol. The minimum Gasteiger partial charge on any atom is -0.455 e. The molecule has 39 heavy (non-hydrogen) atoms. The second kappa shape index (κ2) is 8.71. The van der Waals surface area contributed by atoms with Gasteiger partial charge in [0.05, 0.1) is 12.3 Å². The maximum absolute atomic E-state index is 13.4. The quantitative estimate of drug-likeness (QED) is 0.120. The molecule has 5 aliphatic rings. The van der Waals surface area contributed by atoms with Gasteiger partial charge >= 0.3 is 5.97 Å². The number of allylic oxidation sites excluding steroid dienone is 3. The average molecular weight is 557 g/mol. The lowest BCUT2D eigenvalue weighted by molar-refractivity contribution is -0.513. The van der Waals surface area contributed by atoms with Crippen LogP contribution in [-0.4, -0.2) is 44.5 Å². The van der Waals surface area contributed by atoms with E-state index < -0.39 is 28.5 Å². The number of esters is 1. The number of nitrogens with two attached hydrogens (primary N) is 1. The molecular formula is C30H39FN3O4S+. The van der Waals surface area contributed by atoms with Gasteiger partial charge in [-0.15, -0.1) is 12.6 Å². The summed E-state index contributed by atoms with van der Waals surface area (Å²) in [6, 6.07) is 3.03. The highest BCUT2D eigenvalue weighted by Crippen LogP contribution is 2.90. The fraction of sp³-hybridized carbons (Fsp3) is 0.633. The maximum atomic E-state index is 13.4. The molecule has 0 aromatic carbocycles. The molecule has 0 radical (unpaired) electrons. The number of aliphatic hydroxyl groups excluding tert-OH is 2. The summed E-state index contributed by atoms with van der Waals surface area (Å²) in [6.07, 6.45) is 9.81. The van der Waals surface area contributed by atoms with Crippen molar-refractivity contribution < 1.29 is 29.5 Å². The lowest BCUT2D eigenvalue weighted by atomic mass is 9.45. The Kier molecular flexibility index (Phi) is 6.06. The molecule has 0 spiro atoms. The van der Waals surface area contributed by atoms with Crippen LogP contribution >= 0.6 is 12.6 Å². The summed E-state index contributed by atoms with van der Waals surface area (Å²) in [5, 5.41) is 33.3. The average Bonchev–Trinajstić information content (AvgIpc) is 3.54. The molecule has 8 atom stereocenters. The van der Waals surface area contributed by atoms with Crippen LogP contribution in [0.15, 0.2) is 41.2 Å². The summed E-state index contributed by atoms with van der Waals surface area (Å²) >= 11 is 4.45. The third-order valence-electron chi connectivity index (χ3n) is 11.8. The fourth-order valence-electron chi connectivity index (χ4n) is 10.00. The van der Waals surface area contributed by atoms with Crippen molar-refractivity contribution in [2.24, 2.45) is 27.6 Å². The molecule has 0 aliphatic heterocycles. The van der Waals surface area contributed by atoms with Crippen molar-refractivity contribution in [2.45, 2.75) is 89.3 Å². The predicted octanol–water partition coefficient (Wildman–Crippen LogP) is 3.95. The Hall–Kier alpha value is -2.07. The zero-order valence-electron chi connectivity index (χ0n) is 22.8. The van der Waals surface area contributed by atoms with Crippen molar-refractivity contribution in [1.29, 1.82) is 5.41 Å². The number of nitrogens with zero attached hydrogens (tertiary/aromatic N) is 1. The number of quaternary nitrogens is 1. The molecule has 5 aliphatic carbocycles. The van der Waals surface area contributed by atoms with Gasteiger partial charge in [-0.25, -0.2) is 4.98 Å². The Morgan fingerprint density at radius 2 is 2.15 bits per heavy atom. The van der Waals surface area contributed by atoms with E-state index in [4.69, 9.17) is 10.1 Å². The molecule has 9 heteroatoms. The highest BCUT2D eigenvalue weighted by atomic mass is 32.1. The summed E-state index contributed by atoms with van der Waals surface area (Å²) in [5.74, 6) is -0.689. The van der Waals surface area contributed by atoms with Crippen LogP contribution in [-0.2, 0) is 9.53 Å². The number of thiol groups is 1. The molecule has 1 heterocycles. The van der Waals surface area contributed by atoms with E-state index >= 15 is 0 Å². The summed E-state index contributed by atoms with van der Waals surface area (Å²) in [4.78, 5) is 16.3. The first-order valence-corrected chi connectivity index (χ1v) is 14.6. The van der Waals surface area contributed by atoms with E-state index in [2.05, 4.69) is 37.5 Å². The van der Waals surface area contributed by atoms with Gasteiger partial charge in [0.1, 0.15) is 11.1 Å². The van der Waals surface area contributed by atoms with Gasteiger partial charge in [0.25, 0.3) is 0 Å². The number of pyridine rings is 1. The largest absolute Gasteiger partial charge is 0.455 e. The third-order valence-corrected chi connectivity index (χ3v) is 12.2. The van der Waals surface area contributed by atoms with Crippen LogP contribution in [0.25, 0.3) is 0 Å². The number of ether oxygens (including phenoxy) is 1. The number of carbonyl (C=O) groups is 1. The number of fused-ring (bicyclic) bond motifs is 2. The van der Waals surface area contributed by atoms with Crippen molar-refractivity contribution >= 4 is 30.5 Å². The number of halogens is 1. The minimum atomic E-state index is -1.13. The van der Waals surface area contributed by atoms with E-state index in [1.165, 1.54) is 24.1 Å². The molecule has 0 saturated heterocycles. The maximum Gasteiger partial charge on any atom is 0.306 e. The van der Waals surface area contributed by atoms with Crippen molar-refractivity contribution in [3.63, 3.8) is 0 Å². The van der Waals surface area contributed by atoms with Gasteiger partial charge < -0.3 is 20.4 Å². The van der Waals surface area contributed by atoms with E-state index in [0.29, 0.717) is 19.3 Å². The highest BCUT2D eigenvalue weighted by molar-refractivity contribution is 7.80. The number of carbonyl (C=O) groups excluding carboxylic acids is 1. The molecule has 5 N–H and O–H groups in total. The minimum absolute atomic E-state index is 0.121.